The molecule has 0 aliphatic carbocycles. The number of aryl methyl sites for hydroxylation is 1. The second kappa shape index (κ2) is 8.34. The predicted octanol–water partition coefficient (Wildman–Crippen LogP) is 3.92. The van der Waals surface area contributed by atoms with Crippen LogP contribution in [0.1, 0.15) is 27.2 Å². The van der Waals surface area contributed by atoms with Crippen LogP contribution in [0.5, 0.6) is 0 Å². The van der Waals surface area contributed by atoms with Crippen LogP contribution in [0, 0.1) is 12.7 Å². The largest absolute Gasteiger partial charge is 0.360 e. The summed E-state index contributed by atoms with van der Waals surface area (Å²) >= 11 is 6.09. The molecule has 9 heteroatoms. The van der Waals surface area contributed by atoms with Crippen LogP contribution in [0.25, 0.3) is 11.3 Å². The summed E-state index contributed by atoms with van der Waals surface area (Å²) in [4.78, 5) is 12.7. The molecule has 0 radical (unpaired) electrons. The lowest BCUT2D eigenvalue weighted by Gasteiger charge is -2.08. The lowest BCUT2D eigenvalue weighted by atomic mass is 10.0. The molecule has 6 nitrogen and oxygen atoms in total. The summed E-state index contributed by atoms with van der Waals surface area (Å²) in [6, 6.07) is 11.0. The summed E-state index contributed by atoms with van der Waals surface area (Å²) < 4.78 is 42.1. The number of nitrogens with zero attached hydrogens (tertiary/aromatic N) is 1. The average molecular weight is 437 g/mol. The van der Waals surface area contributed by atoms with E-state index in [1.165, 1.54) is 24.5 Å². The van der Waals surface area contributed by atoms with Gasteiger partial charge in [-0.25, -0.2) is 12.8 Å². The number of carbonyl (C=O) groups is 1. The molecule has 0 aliphatic heterocycles. The molecule has 3 rings (SSSR count). The number of hydrogen-bond donors (Lipinski definition) is 1. The molecule has 1 aromatic heterocycles. The van der Waals surface area contributed by atoms with Gasteiger partial charge in [-0.15, -0.1) is 0 Å². The minimum Gasteiger partial charge on any atom is -0.360 e. The monoisotopic (exact) mass is 436 g/mol. The third-order valence-electron chi connectivity index (χ3n) is 4.19. The SMILES string of the molecule is Cc1onc(-c2c(F)cccc2Cl)c1C(=O)NCc1ccc(CS(C)(=O)=O)cc1. The van der Waals surface area contributed by atoms with Crippen molar-refractivity contribution in [2.45, 2.75) is 19.2 Å². The molecule has 1 heterocycles. The Morgan fingerprint density at radius 1 is 1.17 bits per heavy atom. The van der Waals surface area contributed by atoms with Crippen molar-refractivity contribution in [3.8, 4) is 11.3 Å². The minimum atomic E-state index is -3.12. The summed E-state index contributed by atoms with van der Waals surface area (Å²) in [5, 5.41) is 6.67. The first-order valence-corrected chi connectivity index (χ1v) is 11.0. The molecule has 0 aliphatic rings. The number of halogens is 2. The van der Waals surface area contributed by atoms with Gasteiger partial charge in [0.25, 0.3) is 5.91 Å². The molecule has 0 spiro atoms. The van der Waals surface area contributed by atoms with Gasteiger partial charge in [-0.3, -0.25) is 4.79 Å². The van der Waals surface area contributed by atoms with Crippen LogP contribution in [0.4, 0.5) is 4.39 Å². The van der Waals surface area contributed by atoms with Crippen molar-refractivity contribution in [2.24, 2.45) is 0 Å². The van der Waals surface area contributed by atoms with Crippen LogP contribution >= 0.6 is 11.6 Å². The molecule has 152 valence electrons. The summed E-state index contributed by atoms with van der Waals surface area (Å²) in [7, 11) is -3.12. The van der Waals surface area contributed by atoms with E-state index < -0.39 is 21.6 Å². The third-order valence-corrected chi connectivity index (χ3v) is 5.37. The van der Waals surface area contributed by atoms with Gasteiger partial charge < -0.3 is 9.84 Å². The van der Waals surface area contributed by atoms with E-state index in [2.05, 4.69) is 10.5 Å². The normalized spacial score (nSPS) is 11.4. The minimum absolute atomic E-state index is 0.00120. The summed E-state index contributed by atoms with van der Waals surface area (Å²) in [5.74, 6) is -0.911. The fourth-order valence-electron chi connectivity index (χ4n) is 2.86. The van der Waals surface area contributed by atoms with Gasteiger partial charge in [0.05, 0.1) is 16.3 Å². The highest BCUT2D eigenvalue weighted by Gasteiger charge is 2.25. The highest BCUT2D eigenvalue weighted by Crippen LogP contribution is 2.33. The first-order chi connectivity index (χ1) is 13.7. The molecule has 2 aromatic carbocycles. The Labute approximate surface area is 172 Å². The molecule has 0 saturated heterocycles. The van der Waals surface area contributed by atoms with E-state index >= 15 is 0 Å². The summed E-state index contributed by atoms with van der Waals surface area (Å²) in [6.07, 6.45) is 1.17. The average Bonchev–Trinajstić information content (AvgIpc) is 3.01. The van der Waals surface area contributed by atoms with E-state index in [1.807, 2.05) is 0 Å². The van der Waals surface area contributed by atoms with Crippen LogP contribution < -0.4 is 5.32 Å². The molecular formula is C20H18ClFN2O4S. The highest BCUT2D eigenvalue weighted by molar-refractivity contribution is 7.89. The van der Waals surface area contributed by atoms with Crippen molar-refractivity contribution < 1.29 is 22.1 Å². The number of benzene rings is 2. The molecule has 1 N–H and O–H groups in total. The first kappa shape index (κ1) is 21.0. The summed E-state index contributed by atoms with van der Waals surface area (Å²) in [5.41, 5.74) is 1.57. The Bertz CT molecular complexity index is 1140. The number of hydrogen-bond acceptors (Lipinski definition) is 5. The molecular weight excluding hydrogens is 419 g/mol. The van der Waals surface area contributed by atoms with E-state index in [0.717, 1.165) is 5.56 Å². The van der Waals surface area contributed by atoms with E-state index in [1.54, 1.807) is 31.2 Å². The van der Waals surface area contributed by atoms with Crippen molar-refractivity contribution in [1.82, 2.24) is 10.5 Å². The first-order valence-electron chi connectivity index (χ1n) is 8.60. The second-order valence-corrected chi connectivity index (χ2v) is 9.18. The topological polar surface area (TPSA) is 89.3 Å². The van der Waals surface area contributed by atoms with E-state index in [9.17, 15) is 17.6 Å². The quantitative estimate of drug-likeness (QED) is 0.632. The number of rotatable bonds is 6. The van der Waals surface area contributed by atoms with Crippen LogP contribution in [-0.4, -0.2) is 25.7 Å². The number of nitrogens with one attached hydrogen (secondary N) is 1. The fourth-order valence-corrected chi connectivity index (χ4v) is 3.91. The standard InChI is InChI=1S/C20H18ClFN2O4S/c1-12-17(19(24-28-12)18-15(21)4-3-5-16(18)22)20(25)23-10-13-6-8-14(9-7-13)11-29(2,26)27/h3-9H,10-11H2,1-2H3,(H,23,25). The van der Waals surface area contributed by atoms with Crippen LogP contribution in [0.15, 0.2) is 47.0 Å². The zero-order valence-electron chi connectivity index (χ0n) is 15.7. The fraction of sp³-hybridized carbons (Fsp3) is 0.200. The van der Waals surface area contributed by atoms with E-state index in [4.69, 9.17) is 16.1 Å². The Kier molecular flexibility index (Phi) is 6.04. The summed E-state index contributed by atoms with van der Waals surface area (Å²) in [6.45, 7) is 1.74. The van der Waals surface area contributed by atoms with Crippen molar-refractivity contribution in [2.75, 3.05) is 6.26 Å². The molecule has 0 atom stereocenters. The van der Waals surface area contributed by atoms with Crippen LogP contribution in [-0.2, 0) is 22.1 Å². The van der Waals surface area contributed by atoms with E-state index in [0.29, 0.717) is 5.56 Å². The molecule has 0 saturated carbocycles. The van der Waals surface area contributed by atoms with Crippen molar-refractivity contribution in [3.05, 3.63) is 75.8 Å². The van der Waals surface area contributed by atoms with E-state index in [-0.39, 0.29) is 39.9 Å². The molecule has 29 heavy (non-hydrogen) atoms. The Balaban J connectivity index is 1.78. The maximum atomic E-state index is 14.3. The Morgan fingerprint density at radius 2 is 1.83 bits per heavy atom. The Morgan fingerprint density at radius 3 is 2.45 bits per heavy atom. The Hall–Kier alpha value is -2.71. The number of sulfone groups is 1. The molecule has 0 bridgehead atoms. The zero-order chi connectivity index (χ0) is 21.2. The van der Waals surface area contributed by atoms with Gasteiger partial charge in [-0.1, -0.05) is 47.1 Å². The lowest BCUT2D eigenvalue weighted by molar-refractivity contribution is 0.0950. The van der Waals surface area contributed by atoms with Gasteiger partial charge in [0.15, 0.2) is 9.84 Å². The van der Waals surface area contributed by atoms with Crippen LogP contribution in [0.3, 0.4) is 0 Å². The van der Waals surface area contributed by atoms with Gasteiger partial charge in [0, 0.05) is 12.8 Å². The maximum Gasteiger partial charge on any atom is 0.257 e. The molecule has 1 amide bonds. The molecule has 0 unspecified atom stereocenters. The second-order valence-electron chi connectivity index (χ2n) is 6.63. The molecule has 0 fully saturated rings. The third kappa shape index (κ3) is 5.02. The number of aromatic nitrogens is 1. The van der Waals surface area contributed by atoms with Gasteiger partial charge in [-0.05, 0) is 30.2 Å². The van der Waals surface area contributed by atoms with Gasteiger partial charge in [0.1, 0.15) is 22.8 Å². The number of amides is 1. The van der Waals surface area contributed by atoms with Gasteiger partial charge in [0.2, 0.25) is 0 Å². The van der Waals surface area contributed by atoms with Crippen molar-refractivity contribution in [1.29, 1.82) is 0 Å². The van der Waals surface area contributed by atoms with Crippen LogP contribution in [0.2, 0.25) is 5.02 Å². The maximum absolute atomic E-state index is 14.3. The number of carbonyl (C=O) groups excluding carboxylic acids is 1. The highest BCUT2D eigenvalue weighted by atomic mass is 35.5. The predicted molar refractivity (Wildman–Crippen MR) is 108 cm³/mol. The van der Waals surface area contributed by atoms with Gasteiger partial charge >= 0.3 is 0 Å². The lowest BCUT2D eigenvalue weighted by Crippen LogP contribution is -2.23. The zero-order valence-corrected chi connectivity index (χ0v) is 17.3. The van der Waals surface area contributed by atoms with Crippen molar-refractivity contribution in [3.63, 3.8) is 0 Å². The van der Waals surface area contributed by atoms with Gasteiger partial charge in [-0.2, -0.15) is 0 Å². The molecule has 3 aromatic rings. The smallest absolute Gasteiger partial charge is 0.257 e. The van der Waals surface area contributed by atoms with Crippen molar-refractivity contribution >= 4 is 27.3 Å².